The van der Waals surface area contributed by atoms with Crippen molar-refractivity contribution < 1.29 is 18.3 Å². The van der Waals surface area contributed by atoms with E-state index < -0.39 is 5.92 Å². The van der Waals surface area contributed by atoms with Crippen LogP contribution in [0.2, 0.25) is 0 Å². The molecule has 1 saturated carbocycles. The monoisotopic (exact) mass is 299 g/mol. The maximum Gasteiger partial charge on any atom is 0.248 e. The Balaban J connectivity index is 2.03. The van der Waals surface area contributed by atoms with Crippen LogP contribution in [0.25, 0.3) is 0 Å². The van der Waals surface area contributed by atoms with Crippen LogP contribution in [0.1, 0.15) is 37.3 Å². The Labute approximate surface area is 124 Å². The first kappa shape index (κ1) is 16.2. The van der Waals surface area contributed by atoms with E-state index in [4.69, 9.17) is 15.2 Å². The van der Waals surface area contributed by atoms with E-state index in [0.29, 0.717) is 26.1 Å². The third-order valence-corrected chi connectivity index (χ3v) is 4.09. The van der Waals surface area contributed by atoms with Gasteiger partial charge in [0.25, 0.3) is 0 Å². The van der Waals surface area contributed by atoms with Crippen LogP contribution in [-0.2, 0) is 4.74 Å². The molecule has 5 heteroatoms. The molecule has 0 radical (unpaired) electrons. The van der Waals surface area contributed by atoms with Crippen molar-refractivity contribution in [2.24, 2.45) is 11.7 Å². The zero-order valence-electron chi connectivity index (χ0n) is 12.4. The third-order valence-electron chi connectivity index (χ3n) is 4.09. The summed E-state index contributed by atoms with van der Waals surface area (Å²) in [6.45, 7) is 0.947. The Bertz CT molecular complexity index is 444. The molecule has 0 spiro atoms. The number of rotatable bonds is 6. The lowest BCUT2D eigenvalue weighted by Gasteiger charge is -2.32. The number of hydrogen-bond donors (Lipinski definition) is 1. The van der Waals surface area contributed by atoms with Gasteiger partial charge in [-0.15, -0.1) is 0 Å². The minimum atomic E-state index is -2.52. The van der Waals surface area contributed by atoms with Crippen LogP contribution in [0.15, 0.2) is 24.3 Å². The van der Waals surface area contributed by atoms with Crippen LogP contribution < -0.4 is 10.5 Å². The minimum absolute atomic E-state index is 0.0714. The molecular formula is C16H23F2NO2. The molecule has 1 fully saturated rings. The summed E-state index contributed by atoms with van der Waals surface area (Å²) in [6, 6.07) is 7.30. The molecule has 1 aromatic carbocycles. The lowest BCUT2D eigenvalue weighted by molar-refractivity contribution is -0.0484. The predicted octanol–water partition coefficient (Wildman–Crippen LogP) is 3.54. The van der Waals surface area contributed by atoms with Crippen molar-refractivity contribution in [3.05, 3.63) is 29.8 Å². The van der Waals surface area contributed by atoms with Gasteiger partial charge in [0.1, 0.15) is 12.4 Å². The fourth-order valence-electron chi connectivity index (χ4n) is 2.80. The molecule has 1 aliphatic rings. The average Bonchev–Trinajstić information content (AvgIpc) is 2.47. The van der Waals surface area contributed by atoms with Crippen LogP contribution in [0.4, 0.5) is 8.78 Å². The minimum Gasteiger partial charge on any atom is -0.491 e. The number of alkyl halides is 2. The summed E-state index contributed by atoms with van der Waals surface area (Å²) in [5.74, 6) is -1.72. The molecule has 118 valence electrons. The van der Waals surface area contributed by atoms with Gasteiger partial charge in [0.15, 0.2) is 0 Å². The van der Waals surface area contributed by atoms with E-state index >= 15 is 0 Å². The maximum absolute atomic E-state index is 13.2. The lowest BCUT2D eigenvalue weighted by atomic mass is 9.80. The molecule has 3 nitrogen and oxygen atoms in total. The molecule has 0 heterocycles. The summed E-state index contributed by atoms with van der Waals surface area (Å²) in [5.41, 5.74) is 7.20. The quantitative estimate of drug-likeness (QED) is 0.817. The van der Waals surface area contributed by atoms with E-state index in [1.165, 1.54) is 0 Å². The van der Waals surface area contributed by atoms with Gasteiger partial charge in [-0.2, -0.15) is 0 Å². The van der Waals surface area contributed by atoms with Gasteiger partial charge in [-0.25, -0.2) is 8.78 Å². The topological polar surface area (TPSA) is 44.5 Å². The molecule has 2 N–H and O–H groups in total. The second-order valence-electron chi connectivity index (χ2n) is 5.60. The van der Waals surface area contributed by atoms with Crippen molar-refractivity contribution in [3.63, 3.8) is 0 Å². The standard InChI is InChI=1S/C16H23F2NO2/c1-20-10-11-21-14-5-3-2-4-13(14)15(19)12-6-8-16(17,18)9-7-12/h2-5,12,15H,6-11,19H2,1H3. The number of methoxy groups -OCH3 is 1. The molecule has 1 unspecified atom stereocenters. The van der Waals surface area contributed by atoms with E-state index in [0.717, 1.165) is 11.3 Å². The number of benzene rings is 1. The number of ether oxygens (including phenoxy) is 2. The SMILES string of the molecule is COCCOc1ccccc1C(N)C1CCC(F)(F)CC1. The molecular weight excluding hydrogens is 276 g/mol. The van der Waals surface area contributed by atoms with E-state index in [9.17, 15) is 8.78 Å². The van der Waals surface area contributed by atoms with Gasteiger partial charge >= 0.3 is 0 Å². The fraction of sp³-hybridized carbons (Fsp3) is 0.625. The zero-order valence-corrected chi connectivity index (χ0v) is 12.4. The molecule has 1 aliphatic carbocycles. The Kier molecular flexibility index (Phi) is 5.53. The summed E-state index contributed by atoms with van der Waals surface area (Å²) < 4.78 is 37.1. The second kappa shape index (κ2) is 7.18. The van der Waals surface area contributed by atoms with E-state index in [2.05, 4.69) is 0 Å². The summed E-state index contributed by atoms with van der Waals surface area (Å²) in [6.07, 6.45) is 0.775. The maximum atomic E-state index is 13.2. The number of halogens is 2. The molecule has 0 amide bonds. The van der Waals surface area contributed by atoms with Gasteiger partial charge in [0, 0.05) is 31.6 Å². The molecule has 0 saturated heterocycles. The predicted molar refractivity (Wildman–Crippen MR) is 77.6 cm³/mol. The molecule has 0 aliphatic heterocycles. The Morgan fingerprint density at radius 2 is 1.90 bits per heavy atom. The molecule has 0 aromatic heterocycles. The van der Waals surface area contributed by atoms with Gasteiger partial charge in [0.05, 0.1) is 6.61 Å². The van der Waals surface area contributed by atoms with Gasteiger partial charge in [0.2, 0.25) is 5.92 Å². The molecule has 0 bridgehead atoms. The molecule has 21 heavy (non-hydrogen) atoms. The molecule has 2 rings (SSSR count). The summed E-state index contributed by atoms with van der Waals surface area (Å²) in [7, 11) is 1.61. The first-order chi connectivity index (χ1) is 10.0. The van der Waals surface area contributed by atoms with Crippen molar-refractivity contribution >= 4 is 0 Å². The number of hydrogen-bond acceptors (Lipinski definition) is 3. The highest BCUT2D eigenvalue weighted by Gasteiger charge is 2.37. The smallest absolute Gasteiger partial charge is 0.248 e. The zero-order chi connectivity index (χ0) is 15.3. The van der Waals surface area contributed by atoms with Gasteiger partial charge in [-0.05, 0) is 24.8 Å². The van der Waals surface area contributed by atoms with Gasteiger partial charge in [-0.1, -0.05) is 18.2 Å². The Hall–Kier alpha value is -1.20. The highest BCUT2D eigenvalue weighted by atomic mass is 19.3. The largest absolute Gasteiger partial charge is 0.491 e. The Morgan fingerprint density at radius 3 is 2.57 bits per heavy atom. The van der Waals surface area contributed by atoms with Crippen LogP contribution >= 0.6 is 0 Å². The van der Waals surface area contributed by atoms with Crippen LogP contribution in [-0.4, -0.2) is 26.2 Å². The lowest BCUT2D eigenvalue weighted by Crippen LogP contribution is -2.31. The highest BCUT2D eigenvalue weighted by Crippen LogP contribution is 2.41. The van der Waals surface area contributed by atoms with Crippen LogP contribution in [0, 0.1) is 5.92 Å². The van der Waals surface area contributed by atoms with Gasteiger partial charge in [-0.3, -0.25) is 0 Å². The average molecular weight is 299 g/mol. The normalized spacial score (nSPS) is 20.2. The van der Waals surface area contributed by atoms with E-state index in [-0.39, 0.29) is 24.8 Å². The summed E-state index contributed by atoms with van der Waals surface area (Å²) in [5, 5.41) is 0. The van der Waals surface area contributed by atoms with Gasteiger partial charge < -0.3 is 15.2 Å². The Morgan fingerprint density at radius 1 is 1.24 bits per heavy atom. The number of nitrogens with two attached hydrogens (primary N) is 1. The van der Waals surface area contributed by atoms with E-state index in [1.54, 1.807) is 7.11 Å². The van der Waals surface area contributed by atoms with Crippen molar-refractivity contribution in [2.75, 3.05) is 20.3 Å². The third kappa shape index (κ3) is 4.38. The summed E-state index contributed by atoms with van der Waals surface area (Å²) in [4.78, 5) is 0. The summed E-state index contributed by atoms with van der Waals surface area (Å²) >= 11 is 0. The van der Waals surface area contributed by atoms with Crippen LogP contribution in [0.3, 0.4) is 0 Å². The first-order valence-corrected chi connectivity index (χ1v) is 7.37. The first-order valence-electron chi connectivity index (χ1n) is 7.37. The number of para-hydroxylation sites is 1. The van der Waals surface area contributed by atoms with Crippen molar-refractivity contribution in [3.8, 4) is 5.75 Å². The highest BCUT2D eigenvalue weighted by molar-refractivity contribution is 5.36. The van der Waals surface area contributed by atoms with Crippen LogP contribution in [0.5, 0.6) is 5.75 Å². The second-order valence-corrected chi connectivity index (χ2v) is 5.60. The molecule has 1 aromatic rings. The molecule has 1 atom stereocenters. The van der Waals surface area contributed by atoms with Crippen molar-refractivity contribution in [2.45, 2.75) is 37.6 Å². The van der Waals surface area contributed by atoms with Crippen molar-refractivity contribution in [1.29, 1.82) is 0 Å². The fourth-order valence-corrected chi connectivity index (χ4v) is 2.80. The van der Waals surface area contributed by atoms with E-state index in [1.807, 2.05) is 24.3 Å². The van der Waals surface area contributed by atoms with Crippen molar-refractivity contribution in [1.82, 2.24) is 0 Å².